The molecule has 0 aliphatic rings. The van der Waals surface area contributed by atoms with E-state index >= 15 is 0 Å². The molecule has 0 aliphatic carbocycles. The van der Waals surface area contributed by atoms with Crippen LogP contribution in [0.15, 0.2) is 23.1 Å². The molecule has 18 heavy (non-hydrogen) atoms. The van der Waals surface area contributed by atoms with Crippen LogP contribution in [0.25, 0.3) is 0 Å². The number of thioether (sulfide) groups is 1. The minimum atomic E-state index is -0.112. The standard InChI is InChI=1S/C14H22N2OS/c1-5-9(2)16-14(17)11(4)18-13-8-6-7-12(15)10(13)3/h6-9,11H,5,15H2,1-4H3,(H,16,17). The lowest BCUT2D eigenvalue weighted by atomic mass is 10.2. The predicted molar refractivity (Wildman–Crippen MR) is 78.8 cm³/mol. The molecular weight excluding hydrogens is 244 g/mol. The summed E-state index contributed by atoms with van der Waals surface area (Å²) in [5, 5.41) is 2.88. The van der Waals surface area contributed by atoms with Gasteiger partial charge < -0.3 is 11.1 Å². The first-order chi connectivity index (χ1) is 8.45. The number of carbonyl (C=O) groups excluding carboxylic acids is 1. The van der Waals surface area contributed by atoms with E-state index in [-0.39, 0.29) is 17.2 Å². The van der Waals surface area contributed by atoms with Crippen molar-refractivity contribution < 1.29 is 4.79 Å². The maximum atomic E-state index is 11.9. The van der Waals surface area contributed by atoms with Crippen LogP contribution in [-0.2, 0) is 4.79 Å². The van der Waals surface area contributed by atoms with Crippen LogP contribution >= 0.6 is 11.8 Å². The van der Waals surface area contributed by atoms with Crippen molar-refractivity contribution >= 4 is 23.4 Å². The Balaban J connectivity index is 2.67. The first-order valence-corrected chi connectivity index (χ1v) is 7.15. The number of anilines is 1. The molecule has 3 nitrogen and oxygen atoms in total. The molecule has 0 radical (unpaired) electrons. The molecule has 2 unspecified atom stereocenters. The number of nitrogen functional groups attached to an aromatic ring is 1. The molecule has 0 fully saturated rings. The number of nitrogens with two attached hydrogens (primary N) is 1. The van der Waals surface area contributed by atoms with E-state index in [1.807, 2.05) is 39.0 Å². The highest BCUT2D eigenvalue weighted by Gasteiger charge is 2.17. The van der Waals surface area contributed by atoms with E-state index in [1.165, 1.54) is 0 Å². The zero-order valence-electron chi connectivity index (χ0n) is 11.5. The van der Waals surface area contributed by atoms with Gasteiger partial charge in [-0.3, -0.25) is 4.79 Å². The Kier molecular flexibility index (Phi) is 5.54. The molecule has 1 rings (SSSR count). The quantitative estimate of drug-likeness (QED) is 0.636. The Morgan fingerprint density at radius 1 is 1.44 bits per heavy atom. The largest absolute Gasteiger partial charge is 0.398 e. The zero-order valence-corrected chi connectivity index (χ0v) is 12.3. The Bertz CT molecular complexity index is 420. The van der Waals surface area contributed by atoms with Crippen molar-refractivity contribution in [2.24, 2.45) is 0 Å². The minimum absolute atomic E-state index is 0.0798. The van der Waals surface area contributed by atoms with Gasteiger partial charge in [0.25, 0.3) is 0 Å². The van der Waals surface area contributed by atoms with Gasteiger partial charge in [-0.05, 0) is 44.9 Å². The highest BCUT2D eigenvalue weighted by molar-refractivity contribution is 8.00. The van der Waals surface area contributed by atoms with Crippen LogP contribution in [0.3, 0.4) is 0 Å². The number of benzene rings is 1. The number of amides is 1. The second-order valence-corrected chi connectivity index (χ2v) is 5.93. The van der Waals surface area contributed by atoms with Crippen molar-refractivity contribution in [1.82, 2.24) is 5.32 Å². The summed E-state index contributed by atoms with van der Waals surface area (Å²) in [6.07, 6.45) is 0.945. The van der Waals surface area contributed by atoms with Crippen molar-refractivity contribution in [2.45, 2.75) is 50.3 Å². The van der Waals surface area contributed by atoms with Gasteiger partial charge in [-0.1, -0.05) is 13.0 Å². The summed E-state index contributed by atoms with van der Waals surface area (Å²) in [6, 6.07) is 6.03. The summed E-state index contributed by atoms with van der Waals surface area (Å²) in [4.78, 5) is 13.0. The molecule has 4 heteroatoms. The van der Waals surface area contributed by atoms with Gasteiger partial charge in [-0.25, -0.2) is 0 Å². The van der Waals surface area contributed by atoms with E-state index in [0.717, 1.165) is 22.6 Å². The molecule has 0 bridgehead atoms. The summed E-state index contributed by atoms with van der Waals surface area (Å²) in [5.74, 6) is 0.0798. The third-order valence-electron chi connectivity index (χ3n) is 3.00. The van der Waals surface area contributed by atoms with E-state index in [4.69, 9.17) is 5.73 Å². The molecule has 0 spiro atoms. The molecule has 3 N–H and O–H groups in total. The molecule has 0 aliphatic heterocycles. The molecule has 0 heterocycles. The Labute approximate surface area is 114 Å². The van der Waals surface area contributed by atoms with Crippen molar-refractivity contribution in [1.29, 1.82) is 0 Å². The second kappa shape index (κ2) is 6.69. The topological polar surface area (TPSA) is 55.1 Å². The lowest BCUT2D eigenvalue weighted by Crippen LogP contribution is -2.37. The maximum absolute atomic E-state index is 11.9. The average Bonchev–Trinajstić information content (AvgIpc) is 2.34. The number of nitrogens with one attached hydrogen (secondary N) is 1. The maximum Gasteiger partial charge on any atom is 0.233 e. The van der Waals surface area contributed by atoms with Crippen LogP contribution in [0.4, 0.5) is 5.69 Å². The summed E-state index contributed by atoms with van der Waals surface area (Å²) in [5.41, 5.74) is 7.68. The number of rotatable bonds is 5. The molecule has 0 saturated heterocycles. The van der Waals surface area contributed by atoms with Gasteiger partial charge in [-0.2, -0.15) is 0 Å². The van der Waals surface area contributed by atoms with Crippen LogP contribution in [0, 0.1) is 6.92 Å². The highest BCUT2D eigenvalue weighted by atomic mass is 32.2. The van der Waals surface area contributed by atoms with Crippen LogP contribution in [0.2, 0.25) is 0 Å². The molecule has 1 aromatic carbocycles. The van der Waals surface area contributed by atoms with E-state index in [9.17, 15) is 4.79 Å². The first-order valence-electron chi connectivity index (χ1n) is 6.27. The fourth-order valence-electron chi connectivity index (χ4n) is 1.47. The van der Waals surface area contributed by atoms with Crippen molar-refractivity contribution in [2.75, 3.05) is 5.73 Å². The van der Waals surface area contributed by atoms with E-state index in [1.54, 1.807) is 11.8 Å². The Hall–Kier alpha value is -1.16. The van der Waals surface area contributed by atoms with Gasteiger partial charge in [0.15, 0.2) is 0 Å². The SMILES string of the molecule is CCC(C)NC(=O)C(C)Sc1cccc(N)c1C. The lowest BCUT2D eigenvalue weighted by Gasteiger charge is -2.17. The van der Waals surface area contributed by atoms with E-state index in [2.05, 4.69) is 12.2 Å². The number of hydrogen-bond acceptors (Lipinski definition) is 3. The minimum Gasteiger partial charge on any atom is -0.398 e. The molecule has 0 saturated carbocycles. The van der Waals surface area contributed by atoms with Crippen LogP contribution in [0.5, 0.6) is 0 Å². The lowest BCUT2D eigenvalue weighted by molar-refractivity contribution is -0.120. The highest BCUT2D eigenvalue weighted by Crippen LogP contribution is 2.29. The molecule has 100 valence electrons. The fraction of sp³-hybridized carbons (Fsp3) is 0.500. The third kappa shape index (κ3) is 3.95. The second-order valence-electron chi connectivity index (χ2n) is 4.55. The van der Waals surface area contributed by atoms with E-state index < -0.39 is 0 Å². The van der Waals surface area contributed by atoms with Gasteiger partial charge in [0, 0.05) is 16.6 Å². The summed E-state index contributed by atoms with van der Waals surface area (Å²) >= 11 is 1.55. The molecule has 2 atom stereocenters. The smallest absolute Gasteiger partial charge is 0.233 e. The van der Waals surface area contributed by atoms with Crippen LogP contribution in [-0.4, -0.2) is 17.2 Å². The van der Waals surface area contributed by atoms with Gasteiger partial charge in [0.05, 0.1) is 5.25 Å². The summed E-state index contributed by atoms with van der Waals surface area (Å²) < 4.78 is 0. The zero-order chi connectivity index (χ0) is 13.7. The molecule has 1 aromatic rings. The number of hydrogen-bond donors (Lipinski definition) is 2. The molecular formula is C14H22N2OS. The van der Waals surface area contributed by atoms with Crippen molar-refractivity contribution in [3.05, 3.63) is 23.8 Å². The summed E-state index contributed by atoms with van der Waals surface area (Å²) in [7, 11) is 0. The number of carbonyl (C=O) groups is 1. The molecule has 1 amide bonds. The third-order valence-corrected chi connectivity index (χ3v) is 4.26. The Morgan fingerprint density at radius 2 is 2.11 bits per heavy atom. The van der Waals surface area contributed by atoms with Gasteiger partial charge >= 0.3 is 0 Å². The van der Waals surface area contributed by atoms with Gasteiger partial charge in [0.1, 0.15) is 0 Å². The normalized spacial score (nSPS) is 14.0. The predicted octanol–water partition coefficient (Wildman–Crippen LogP) is 2.97. The van der Waals surface area contributed by atoms with Crippen LogP contribution < -0.4 is 11.1 Å². The van der Waals surface area contributed by atoms with E-state index in [0.29, 0.717) is 0 Å². The van der Waals surface area contributed by atoms with Gasteiger partial charge in [-0.15, -0.1) is 11.8 Å². The first kappa shape index (κ1) is 14.9. The molecule has 0 aromatic heterocycles. The summed E-state index contributed by atoms with van der Waals surface area (Å²) in [6.45, 7) is 7.98. The van der Waals surface area contributed by atoms with Crippen molar-refractivity contribution in [3.8, 4) is 0 Å². The monoisotopic (exact) mass is 266 g/mol. The van der Waals surface area contributed by atoms with Crippen LogP contribution in [0.1, 0.15) is 32.8 Å². The van der Waals surface area contributed by atoms with Crippen molar-refractivity contribution in [3.63, 3.8) is 0 Å². The van der Waals surface area contributed by atoms with Gasteiger partial charge in [0.2, 0.25) is 5.91 Å². The average molecular weight is 266 g/mol. The Morgan fingerprint density at radius 3 is 2.72 bits per heavy atom. The fourth-order valence-corrected chi connectivity index (χ4v) is 2.47.